The Morgan fingerprint density at radius 3 is 2.59 bits per heavy atom. The third-order valence-electron chi connectivity index (χ3n) is 3.96. The summed E-state index contributed by atoms with van der Waals surface area (Å²) in [6.07, 6.45) is -1.47. The van der Waals surface area contributed by atoms with Gasteiger partial charge < -0.3 is 19.5 Å². The summed E-state index contributed by atoms with van der Waals surface area (Å²) in [5, 5.41) is 23.4. The minimum Gasteiger partial charge on any atom is -0.466 e. The molecule has 152 valence electrons. The smallest absolute Gasteiger partial charge is 0.466 e. The first-order valence-electron chi connectivity index (χ1n) is 8.52. The number of nitro benzene ring substituents is 1. The van der Waals surface area contributed by atoms with Crippen molar-refractivity contribution in [1.82, 2.24) is 5.32 Å². The molecule has 0 saturated carbocycles. The van der Waals surface area contributed by atoms with E-state index in [0.29, 0.717) is 0 Å². The molecular formula is C19H19N3O7. The number of nitrogens with one attached hydrogen (secondary N) is 1. The highest BCUT2D eigenvalue weighted by Crippen LogP contribution is 2.40. The maximum atomic E-state index is 12.5. The lowest BCUT2D eigenvalue weighted by Gasteiger charge is -2.29. The predicted molar refractivity (Wildman–Crippen MR) is 99.0 cm³/mol. The van der Waals surface area contributed by atoms with E-state index in [1.54, 1.807) is 13.8 Å². The van der Waals surface area contributed by atoms with Crippen molar-refractivity contribution in [2.75, 3.05) is 7.11 Å². The molecule has 0 aromatic heterocycles. The summed E-state index contributed by atoms with van der Waals surface area (Å²) in [4.78, 5) is 35.2. The quantitative estimate of drug-likeness (QED) is 0.447. The average Bonchev–Trinajstić information content (AvgIpc) is 2.67. The first-order valence-corrected chi connectivity index (χ1v) is 8.52. The van der Waals surface area contributed by atoms with Crippen LogP contribution in [0.2, 0.25) is 0 Å². The maximum absolute atomic E-state index is 12.5. The van der Waals surface area contributed by atoms with Crippen molar-refractivity contribution in [1.29, 1.82) is 5.26 Å². The molecule has 0 saturated heterocycles. The minimum atomic E-state index is -1.10. The fraction of sp³-hybridized carbons (Fsp3) is 0.316. The number of dihydropyridines is 1. The number of non-ortho nitro benzene ring substituents is 1. The fourth-order valence-corrected chi connectivity index (χ4v) is 2.80. The molecule has 1 heterocycles. The number of ether oxygens (including phenoxy) is 3. The van der Waals surface area contributed by atoms with Crippen LogP contribution < -0.4 is 5.32 Å². The molecule has 1 N–H and O–H groups in total. The highest BCUT2D eigenvalue weighted by atomic mass is 16.7. The Labute approximate surface area is 166 Å². The Hall–Kier alpha value is -3.87. The molecule has 1 aromatic rings. The number of hydrogen-bond acceptors (Lipinski definition) is 9. The van der Waals surface area contributed by atoms with Gasteiger partial charge in [-0.15, -0.1) is 0 Å². The number of nitriles is 1. The predicted octanol–water partition coefficient (Wildman–Crippen LogP) is 3.03. The van der Waals surface area contributed by atoms with Crippen LogP contribution in [0.15, 0.2) is 47.0 Å². The van der Waals surface area contributed by atoms with Gasteiger partial charge >= 0.3 is 12.1 Å². The number of methoxy groups -OCH3 is 1. The van der Waals surface area contributed by atoms with Gasteiger partial charge in [0.25, 0.3) is 5.69 Å². The zero-order valence-electron chi connectivity index (χ0n) is 16.2. The number of nitrogens with zero attached hydrogens (tertiary/aromatic N) is 2. The van der Waals surface area contributed by atoms with E-state index in [4.69, 9.17) is 14.2 Å². The molecule has 2 rings (SSSR count). The van der Waals surface area contributed by atoms with E-state index in [0.717, 1.165) is 7.11 Å². The Balaban J connectivity index is 2.66. The molecule has 1 aliphatic rings. The number of nitro groups is 1. The van der Waals surface area contributed by atoms with Gasteiger partial charge in [0.15, 0.2) is 0 Å². The van der Waals surface area contributed by atoms with E-state index >= 15 is 0 Å². The maximum Gasteiger partial charge on any atom is 0.513 e. The zero-order chi connectivity index (χ0) is 21.7. The molecule has 1 unspecified atom stereocenters. The van der Waals surface area contributed by atoms with E-state index in [1.807, 2.05) is 6.07 Å². The number of rotatable bonds is 5. The zero-order valence-corrected chi connectivity index (χ0v) is 16.2. The molecular weight excluding hydrogens is 382 g/mol. The lowest BCUT2D eigenvalue weighted by atomic mass is 9.85. The Kier molecular flexibility index (Phi) is 6.56. The highest BCUT2D eigenvalue weighted by Gasteiger charge is 2.38. The van der Waals surface area contributed by atoms with Crippen LogP contribution in [0.1, 0.15) is 32.3 Å². The van der Waals surface area contributed by atoms with Crippen molar-refractivity contribution in [3.05, 3.63) is 62.7 Å². The number of esters is 1. The summed E-state index contributed by atoms with van der Waals surface area (Å²) >= 11 is 0. The SMILES string of the molecule is COC(=O)C1=C(C#N)NC(C)=C(OC(=O)OC(C)C)C1c1cccc([N+](=O)[O-])c1. The fourth-order valence-electron chi connectivity index (χ4n) is 2.80. The Morgan fingerprint density at radius 2 is 2.03 bits per heavy atom. The summed E-state index contributed by atoms with van der Waals surface area (Å²) in [6, 6.07) is 7.33. The summed E-state index contributed by atoms with van der Waals surface area (Å²) < 4.78 is 15.1. The van der Waals surface area contributed by atoms with Gasteiger partial charge in [-0.25, -0.2) is 9.59 Å². The first-order chi connectivity index (χ1) is 13.7. The summed E-state index contributed by atoms with van der Waals surface area (Å²) in [7, 11) is 1.13. The molecule has 0 bridgehead atoms. The van der Waals surface area contributed by atoms with E-state index in [9.17, 15) is 25.0 Å². The van der Waals surface area contributed by atoms with Crippen molar-refractivity contribution in [2.45, 2.75) is 32.8 Å². The second-order valence-corrected chi connectivity index (χ2v) is 6.31. The van der Waals surface area contributed by atoms with Crippen LogP contribution in [-0.2, 0) is 19.0 Å². The number of hydrogen-bond donors (Lipinski definition) is 1. The highest BCUT2D eigenvalue weighted by molar-refractivity contribution is 5.93. The molecule has 0 radical (unpaired) electrons. The molecule has 1 aliphatic heterocycles. The second-order valence-electron chi connectivity index (χ2n) is 6.31. The van der Waals surface area contributed by atoms with Gasteiger partial charge in [-0.3, -0.25) is 10.1 Å². The van der Waals surface area contributed by atoms with Crippen molar-refractivity contribution in [3.8, 4) is 6.07 Å². The van der Waals surface area contributed by atoms with Gasteiger partial charge in [-0.2, -0.15) is 5.26 Å². The van der Waals surface area contributed by atoms with Crippen LogP contribution in [-0.4, -0.2) is 30.3 Å². The molecule has 0 spiro atoms. The first kappa shape index (κ1) is 21.4. The monoisotopic (exact) mass is 401 g/mol. The van der Waals surface area contributed by atoms with Crippen molar-refractivity contribution in [2.24, 2.45) is 0 Å². The third kappa shape index (κ3) is 4.70. The molecule has 10 nitrogen and oxygen atoms in total. The molecule has 1 atom stereocenters. The van der Waals surface area contributed by atoms with Crippen molar-refractivity contribution in [3.63, 3.8) is 0 Å². The van der Waals surface area contributed by atoms with Gasteiger partial charge in [-0.05, 0) is 26.3 Å². The van der Waals surface area contributed by atoms with E-state index in [2.05, 4.69) is 5.32 Å². The van der Waals surface area contributed by atoms with Gasteiger partial charge in [0.05, 0.1) is 35.3 Å². The topological polar surface area (TPSA) is 141 Å². The number of carbonyl (C=O) groups excluding carboxylic acids is 2. The average molecular weight is 401 g/mol. The van der Waals surface area contributed by atoms with E-state index in [1.165, 1.54) is 31.2 Å². The molecule has 29 heavy (non-hydrogen) atoms. The van der Waals surface area contributed by atoms with Crippen molar-refractivity contribution < 1.29 is 28.7 Å². The molecule has 0 fully saturated rings. The lowest BCUT2D eigenvalue weighted by Crippen LogP contribution is -2.31. The summed E-state index contributed by atoms with van der Waals surface area (Å²) in [5.74, 6) is -1.98. The Morgan fingerprint density at radius 1 is 1.34 bits per heavy atom. The van der Waals surface area contributed by atoms with Crippen molar-refractivity contribution >= 4 is 17.8 Å². The normalized spacial score (nSPS) is 16.1. The minimum absolute atomic E-state index is 0.0319. The van der Waals surface area contributed by atoms with Crippen LogP contribution in [0, 0.1) is 21.4 Å². The number of allylic oxidation sites excluding steroid dienone is 3. The van der Waals surface area contributed by atoms with Crippen LogP contribution in [0.25, 0.3) is 0 Å². The molecule has 10 heteroatoms. The standard InChI is InChI=1S/C19H19N3O7/c1-10(2)28-19(24)29-17-11(3)21-14(9-20)16(18(23)27-4)15(17)12-6-5-7-13(8-12)22(25)26/h5-8,10,15,21H,1-4H3. The van der Waals surface area contributed by atoms with Gasteiger partial charge in [0.2, 0.25) is 0 Å². The third-order valence-corrected chi connectivity index (χ3v) is 3.96. The molecule has 0 aliphatic carbocycles. The number of benzene rings is 1. The van der Waals surface area contributed by atoms with Gasteiger partial charge in [-0.1, -0.05) is 12.1 Å². The van der Waals surface area contributed by atoms with E-state index in [-0.39, 0.29) is 34.0 Å². The van der Waals surface area contributed by atoms with Gasteiger partial charge in [0, 0.05) is 12.1 Å². The Bertz CT molecular complexity index is 957. The lowest BCUT2D eigenvalue weighted by molar-refractivity contribution is -0.384. The van der Waals surface area contributed by atoms with Crippen LogP contribution in [0.4, 0.5) is 10.5 Å². The van der Waals surface area contributed by atoms with Crippen LogP contribution in [0.5, 0.6) is 0 Å². The second kappa shape index (κ2) is 8.88. The van der Waals surface area contributed by atoms with Crippen LogP contribution in [0.3, 0.4) is 0 Å². The molecule has 0 amide bonds. The largest absolute Gasteiger partial charge is 0.513 e. The summed E-state index contributed by atoms with van der Waals surface area (Å²) in [5.41, 5.74) is 0.0429. The van der Waals surface area contributed by atoms with Crippen LogP contribution >= 0.6 is 0 Å². The van der Waals surface area contributed by atoms with Gasteiger partial charge in [0.1, 0.15) is 17.5 Å². The molecule has 1 aromatic carbocycles. The van der Waals surface area contributed by atoms with E-state index < -0.39 is 29.1 Å². The number of carbonyl (C=O) groups is 2. The summed E-state index contributed by atoms with van der Waals surface area (Å²) in [6.45, 7) is 4.80.